The molecule has 1 aromatic carbocycles. The van der Waals surface area contributed by atoms with Crippen molar-refractivity contribution in [1.29, 1.82) is 0 Å². The van der Waals surface area contributed by atoms with Crippen molar-refractivity contribution < 1.29 is 27.8 Å². The zero-order valence-corrected chi connectivity index (χ0v) is 17.0. The number of aryl methyl sites for hydroxylation is 1. The number of carboxylic acids is 1. The van der Waals surface area contributed by atoms with Gasteiger partial charge < -0.3 is 14.6 Å². The molecular weight excluding hydrogens is 370 g/mol. The average molecular weight is 397 g/mol. The molecule has 2 aliphatic rings. The Morgan fingerprint density at radius 3 is 2.67 bits per heavy atom. The van der Waals surface area contributed by atoms with Gasteiger partial charge in [-0.15, -0.1) is 0 Å². The van der Waals surface area contributed by atoms with Gasteiger partial charge in [0.15, 0.2) is 0 Å². The summed E-state index contributed by atoms with van der Waals surface area (Å²) < 4.78 is 38.9. The normalized spacial score (nSPS) is 26.2. The number of fused-ring (bicyclic) bond motifs is 1. The number of ether oxygens (including phenoxy) is 2. The van der Waals surface area contributed by atoms with E-state index in [1.54, 1.807) is 12.1 Å². The minimum absolute atomic E-state index is 0.0350. The van der Waals surface area contributed by atoms with Gasteiger partial charge in [-0.25, -0.2) is 8.42 Å². The van der Waals surface area contributed by atoms with Crippen LogP contribution in [0.25, 0.3) is 0 Å². The Morgan fingerprint density at radius 2 is 2.11 bits per heavy atom. The molecule has 1 aromatic rings. The molecule has 0 aromatic heterocycles. The molecule has 0 unspecified atom stereocenters. The van der Waals surface area contributed by atoms with Gasteiger partial charge in [0.25, 0.3) is 0 Å². The molecule has 2 saturated heterocycles. The minimum Gasteiger partial charge on any atom is -0.495 e. The third-order valence-corrected chi connectivity index (χ3v) is 7.73. The summed E-state index contributed by atoms with van der Waals surface area (Å²) in [5.74, 6) is -0.857. The van der Waals surface area contributed by atoms with Crippen LogP contribution in [-0.4, -0.2) is 57.2 Å². The van der Waals surface area contributed by atoms with E-state index in [1.165, 1.54) is 11.4 Å². The molecule has 8 heteroatoms. The van der Waals surface area contributed by atoms with E-state index in [0.29, 0.717) is 13.0 Å². The highest BCUT2D eigenvalue weighted by atomic mass is 32.2. The van der Waals surface area contributed by atoms with E-state index in [9.17, 15) is 18.3 Å². The van der Waals surface area contributed by atoms with Gasteiger partial charge >= 0.3 is 5.97 Å². The van der Waals surface area contributed by atoms with Gasteiger partial charge in [-0.05, 0) is 42.5 Å². The number of carboxylic acid groups (broad SMARTS) is 1. The Balaban J connectivity index is 2.05. The van der Waals surface area contributed by atoms with Crippen molar-refractivity contribution in [2.24, 2.45) is 11.3 Å². The molecule has 0 spiro atoms. The molecular formula is C19H27NO6S. The predicted molar refractivity (Wildman–Crippen MR) is 99.6 cm³/mol. The number of methoxy groups -OCH3 is 1. The van der Waals surface area contributed by atoms with Crippen molar-refractivity contribution in [3.05, 3.63) is 23.3 Å². The minimum atomic E-state index is -3.89. The first-order chi connectivity index (χ1) is 12.6. The molecule has 27 heavy (non-hydrogen) atoms. The van der Waals surface area contributed by atoms with E-state index in [4.69, 9.17) is 9.47 Å². The number of nitrogens with zero attached hydrogens (tertiary/aromatic N) is 1. The van der Waals surface area contributed by atoms with Gasteiger partial charge in [0.05, 0.1) is 19.1 Å². The second-order valence-electron chi connectivity index (χ2n) is 7.80. The predicted octanol–water partition coefficient (Wildman–Crippen LogP) is 2.24. The van der Waals surface area contributed by atoms with Crippen molar-refractivity contribution in [2.45, 2.75) is 38.0 Å². The van der Waals surface area contributed by atoms with E-state index in [1.807, 2.05) is 20.8 Å². The number of benzene rings is 1. The zero-order valence-electron chi connectivity index (χ0n) is 16.2. The molecule has 0 bridgehead atoms. The number of hydrogen-bond acceptors (Lipinski definition) is 5. The van der Waals surface area contributed by atoms with Crippen molar-refractivity contribution in [3.63, 3.8) is 0 Å². The lowest BCUT2D eigenvalue weighted by molar-refractivity contribution is -0.157. The second kappa shape index (κ2) is 7.07. The largest absolute Gasteiger partial charge is 0.495 e. The van der Waals surface area contributed by atoms with Crippen molar-refractivity contribution >= 4 is 16.0 Å². The highest BCUT2D eigenvalue weighted by Crippen LogP contribution is 2.45. The molecule has 2 heterocycles. The van der Waals surface area contributed by atoms with Crippen LogP contribution in [-0.2, 0) is 19.6 Å². The zero-order chi connectivity index (χ0) is 20.0. The molecule has 1 N–H and O–H groups in total. The summed E-state index contributed by atoms with van der Waals surface area (Å²) in [6.45, 7) is 6.65. The van der Waals surface area contributed by atoms with E-state index in [0.717, 1.165) is 11.1 Å². The van der Waals surface area contributed by atoms with E-state index in [2.05, 4.69) is 0 Å². The third kappa shape index (κ3) is 3.23. The first-order valence-electron chi connectivity index (χ1n) is 9.13. The number of aliphatic carboxylic acids is 1. The lowest BCUT2D eigenvalue weighted by Gasteiger charge is -2.34. The van der Waals surface area contributed by atoms with Gasteiger partial charge in [-0.3, -0.25) is 4.79 Å². The smallest absolute Gasteiger partial charge is 0.311 e. The van der Waals surface area contributed by atoms with Crippen LogP contribution in [0.3, 0.4) is 0 Å². The summed E-state index contributed by atoms with van der Waals surface area (Å²) in [5, 5.41) is 9.81. The van der Waals surface area contributed by atoms with Crippen LogP contribution in [0.1, 0.15) is 37.3 Å². The molecule has 2 atom stereocenters. The van der Waals surface area contributed by atoms with Gasteiger partial charge in [0, 0.05) is 25.6 Å². The maximum Gasteiger partial charge on any atom is 0.311 e. The van der Waals surface area contributed by atoms with E-state index in [-0.39, 0.29) is 42.2 Å². The summed E-state index contributed by atoms with van der Waals surface area (Å²) in [4.78, 5) is 12.1. The lowest BCUT2D eigenvalue weighted by atomic mass is 9.74. The van der Waals surface area contributed by atoms with E-state index >= 15 is 0 Å². The SMILES string of the molecule is COc1cc(C)c(C(C)C)cc1S(=O)(=O)N1C[C@@H]2COCC[C@]2(C(=O)O)C1. The summed E-state index contributed by atoms with van der Waals surface area (Å²) in [7, 11) is -2.45. The molecule has 150 valence electrons. The fourth-order valence-electron chi connectivity index (χ4n) is 4.24. The molecule has 0 amide bonds. The van der Waals surface area contributed by atoms with Crippen LogP contribution in [0.5, 0.6) is 5.75 Å². The van der Waals surface area contributed by atoms with Gasteiger partial charge in [-0.2, -0.15) is 4.31 Å². The first kappa shape index (κ1) is 20.1. The van der Waals surface area contributed by atoms with Gasteiger partial charge in [0.1, 0.15) is 10.6 Å². The maximum absolute atomic E-state index is 13.4. The average Bonchev–Trinajstić information content (AvgIpc) is 3.02. The number of rotatable bonds is 5. The number of carbonyl (C=O) groups is 1. The van der Waals surface area contributed by atoms with Gasteiger partial charge in [0.2, 0.25) is 10.0 Å². The Labute approximate surface area is 160 Å². The van der Waals surface area contributed by atoms with Crippen molar-refractivity contribution in [3.8, 4) is 5.75 Å². The summed E-state index contributed by atoms with van der Waals surface area (Å²) in [6.07, 6.45) is 0.321. The lowest BCUT2D eigenvalue weighted by Crippen LogP contribution is -2.45. The number of sulfonamides is 1. The van der Waals surface area contributed by atoms with Crippen LogP contribution < -0.4 is 4.74 Å². The van der Waals surface area contributed by atoms with Crippen molar-refractivity contribution in [1.82, 2.24) is 4.31 Å². The topological polar surface area (TPSA) is 93.1 Å². The first-order valence-corrected chi connectivity index (χ1v) is 10.6. The highest BCUT2D eigenvalue weighted by Gasteiger charge is 2.56. The van der Waals surface area contributed by atoms with Crippen LogP contribution in [0.15, 0.2) is 17.0 Å². The highest BCUT2D eigenvalue weighted by molar-refractivity contribution is 7.89. The fraction of sp³-hybridized carbons (Fsp3) is 0.632. The monoisotopic (exact) mass is 397 g/mol. The number of hydrogen-bond donors (Lipinski definition) is 1. The fourth-order valence-corrected chi connectivity index (χ4v) is 5.96. The molecule has 2 aliphatic heterocycles. The molecule has 0 aliphatic carbocycles. The third-order valence-electron chi connectivity index (χ3n) is 5.89. The summed E-state index contributed by atoms with van der Waals surface area (Å²) in [6, 6.07) is 3.40. The Kier molecular flexibility index (Phi) is 5.26. The molecule has 2 fully saturated rings. The standard InChI is InChI=1S/C19H27NO6S/c1-12(2)15-8-17(16(25-4)7-13(15)3)27(23,24)20-9-14-10-26-6-5-19(14,11-20)18(21)22/h7-8,12,14H,5-6,9-11H2,1-4H3,(H,21,22)/t14-,19+/m1/s1. The van der Waals surface area contributed by atoms with Crippen LogP contribution >= 0.6 is 0 Å². The molecule has 3 rings (SSSR count). The summed E-state index contributed by atoms with van der Waals surface area (Å²) >= 11 is 0. The maximum atomic E-state index is 13.4. The van der Waals surface area contributed by atoms with Crippen LogP contribution in [0, 0.1) is 18.3 Å². The van der Waals surface area contributed by atoms with E-state index < -0.39 is 21.4 Å². The molecule has 7 nitrogen and oxygen atoms in total. The molecule has 0 radical (unpaired) electrons. The Bertz CT molecular complexity index is 850. The van der Waals surface area contributed by atoms with Crippen LogP contribution in [0.2, 0.25) is 0 Å². The van der Waals surface area contributed by atoms with Crippen LogP contribution in [0.4, 0.5) is 0 Å². The van der Waals surface area contributed by atoms with Crippen molar-refractivity contribution in [2.75, 3.05) is 33.4 Å². The van der Waals surface area contributed by atoms with Gasteiger partial charge in [-0.1, -0.05) is 13.8 Å². The summed E-state index contributed by atoms with van der Waals surface area (Å²) in [5.41, 5.74) is 0.818. The quantitative estimate of drug-likeness (QED) is 0.819. The molecule has 0 saturated carbocycles. The Morgan fingerprint density at radius 1 is 1.41 bits per heavy atom. The second-order valence-corrected chi connectivity index (χ2v) is 9.70. The Hall–Kier alpha value is -1.64.